The zero-order valence-electron chi connectivity index (χ0n) is 64.5. The van der Waals surface area contributed by atoms with E-state index in [0.717, 1.165) is 28.2 Å². The fraction of sp³-hybridized carbons (Fsp3) is 0.281. The van der Waals surface area contributed by atoms with Crippen molar-refractivity contribution in [3.05, 3.63) is 137 Å². The molecule has 0 spiro atoms. The summed E-state index contributed by atoms with van der Waals surface area (Å²) < 4.78 is 88.5. The van der Waals surface area contributed by atoms with Crippen LogP contribution in [0, 0.1) is 0 Å². The van der Waals surface area contributed by atoms with Crippen LogP contribution in [0.3, 0.4) is 0 Å². The number of aromatic nitrogens is 18. The number of hydrogen-bond acceptors (Lipinski definition) is 43. The molecule has 0 fully saturated rings. The Kier molecular flexibility index (Phi) is 37.6. The Morgan fingerprint density at radius 1 is 0.407 bits per heavy atom. The molecule has 3 aromatic carbocycles. The summed E-state index contributed by atoms with van der Waals surface area (Å²) in [7, 11) is -14.9. The molecule has 0 saturated heterocycles. The van der Waals surface area contributed by atoms with Crippen LogP contribution in [0.2, 0.25) is 19.6 Å². The molecule has 12 aromatic rings. The van der Waals surface area contributed by atoms with Gasteiger partial charge in [-0.1, -0.05) is 72.0 Å². The largest absolute Gasteiger partial charge is 0.399 e. The van der Waals surface area contributed by atoms with Crippen LogP contribution in [0.4, 0.5) is 87.4 Å². The maximum Gasteiger partial charge on any atom is 0.394 e. The van der Waals surface area contributed by atoms with Gasteiger partial charge in [-0.05, 0) is 80.8 Å². The first-order chi connectivity index (χ1) is 55.3. The summed E-state index contributed by atoms with van der Waals surface area (Å²) in [6.45, 7) is 15.2. The van der Waals surface area contributed by atoms with Gasteiger partial charge in [-0.3, -0.25) is 22.8 Å². The maximum atomic E-state index is 12.6. The van der Waals surface area contributed by atoms with E-state index >= 15 is 0 Å². The molecule has 0 aliphatic rings. The highest BCUT2D eigenvalue weighted by molar-refractivity contribution is 9.26. The summed E-state index contributed by atoms with van der Waals surface area (Å²) in [5.74, 6) is 1.31. The molecule has 118 heavy (non-hydrogen) atoms. The molecule has 0 unspecified atom stereocenters. The summed E-state index contributed by atoms with van der Waals surface area (Å²) in [6.07, 6.45) is 6.42. The van der Waals surface area contributed by atoms with Gasteiger partial charge < -0.3 is 118 Å². The molecule has 0 bridgehead atoms. The second kappa shape index (κ2) is 45.6. The van der Waals surface area contributed by atoms with Gasteiger partial charge in [0.05, 0.1) is 112 Å². The number of nitrogens with two attached hydrogens (primary N) is 13. The van der Waals surface area contributed by atoms with E-state index in [0.29, 0.717) is 118 Å². The maximum absolute atomic E-state index is 12.6. The lowest BCUT2D eigenvalue weighted by atomic mass is 10.2. The van der Waals surface area contributed by atoms with Gasteiger partial charge in [0.1, 0.15) is 12.4 Å². The number of halogens is 2. The van der Waals surface area contributed by atoms with Crippen LogP contribution in [-0.4, -0.2) is 155 Å². The minimum Gasteiger partial charge on any atom is -0.399 e. The Hall–Kier alpha value is -11.1. The Bertz CT molecular complexity index is 5440. The fourth-order valence-corrected chi connectivity index (χ4v) is 13.3. The Morgan fingerprint density at radius 3 is 0.949 bits per heavy atom. The molecule has 0 aliphatic carbocycles. The average Bonchev–Trinajstić information content (AvgIpc) is 0.831. The van der Waals surface area contributed by atoms with Crippen molar-refractivity contribution in [1.29, 1.82) is 0 Å². The number of aliphatic hydroxyl groups is 1. The van der Waals surface area contributed by atoms with Crippen molar-refractivity contribution in [2.45, 2.75) is 90.8 Å². The van der Waals surface area contributed by atoms with Crippen LogP contribution in [0.25, 0.3) is 44.7 Å². The summed E-state index contributed by atoms with van der Waals surface area (Å²) >= 11 is 6.79. The first-order valence-corrected chi connectivity index (χ1v) is 47.9. The summed E-state index contributed by atoms with van der Waals surface area (Å²) in [5.41, 5.74) is 81.8. The smallest absolute Gasteiger partial charge is 0.394 e. The number of hydrogen-bond donors (Lipinski definition) is 20. The number of nitrogens with one attached hydrogen (secondary N) is 2. The number of alkyl halides is 1. The molecular formula is C64H92Br2N33O14P3SSi. The van der Waals surface area contributed by atoms with E-state index in [2.05, 4.69) is 151 Å². The molecule has 636 valence electrons. The van der Waals surface area contributed by atoms with Gasteiger partial charge in [0.25, 0.3) is 0 Å². The van der Waals surface area contributed by atoms with Crippen molar-refractivity contribution in [3.8, 4) is 0 Å². The van der Waals surface area contributed by atoms with Crippen LogP contribution in [0.15, 0.2) is 97.6 Å². The van der Waals surface area contributed by atoms with E-state index in [1.165, 1.54) is 6.20 Å². The number of nitrogen functional groups attached to an aromatic ring is 13. The number of aliphatic hydroxyl groups excluding tert-OH is 1. The summed E-state index contributed by atoms with van der Waals surface area (Å²) in [5, 5.41) is 15.8. The first kappa shape index (κ1) is 97.5. The lowest BCUT2D eigenvalue weighted by Gasteiger charge is -2.17. The zero-order chi connectivity index (χ0) is 87.9. The second-order valence-corrected chi connectivity index (χ2v) is 42.9. The molecule has 0 radical (unpaired) electrons. The molecule has 9 aromatic heterocycles. The molecular weight excluding hydrogens is 1770 g/mol. The van der Waals surface area contributed by atoms with Crippen molar-refractivity contribution in [2.75, 3.05) is 112 Å². The standard InChI is InChI=1S/C18H24N7O3P.C14H16N7O3P.C11H18NO3P.C7H7BrN6.C7H8N6O.C4H8N6.C3H9BrSi.H2O4S/c1-3-27-29(26,28-4-2)11-12-5-7-13(8-6-12)21-9-14-10-22-17-15(23-14)16(19)24-18(20)25-17;15-12-11-13(21-14(16)20-12)18-6-10(19-11)5-17-9-3-1-8(2-4-9)7-25(22,23)24;1-3-14-16(13,15-4-2)9-10-5-7-11(12)8-6-10;8-1-3-2-11-6-4(12-3)5(9)13-7(10)14-6;8-5-4-6(13-7(9)12-5)10-1-3(2-14)11-4;5-1-2(6)9-4(8)10-3(1)7;2*1-5(2,3)4/h5-8,10,21H,3-4,9,11H2,1-2H3,(H4,19,20,22,24,25);1-4,6,17H,5,7H2,(H2,22,23,24)(H4,15,16,18,20,21);5-8H,3-4,9,12H2,1-2H3;2H,1H2,(H4,9,10,11,13,14);1,14H,2H2,(H4,8,9,10,12,13);5H2,(H6,6,7,8,9,10);1-3H3;(H2,1,2,3,4). The predicted octanol–water partition coefficient (Wildman–Crippen LogP) is 6.80. The molecule has 0 aliphatic heterocycles. The SMILES string of the molecule is CCOP(=O)(Cc1ccc(N)cc1)OCC.CCOP(=O)(Cc1ccc(NCc2cnc3nc(N)nc(N)c3n2)cc1)OCC.C[Si](C)(C)Br.Nc1nc(N)c(N)c(N)n1.Nc1nc(N)c2nc(CBr)cnc2n1.Nc1nc(N)c2nc(CNc3ccc(CP(=O)(O)O)cc3)cnc2n1.Nc1nc(N)c2nc(CO)cnc2n1.O=S(=O)(O)O. The van der Waals surface area contributed by atoms with Crippen molar-refractivity contribution in [1.82, 2.24) is 89.7 Å². The molecule has 54 heteroatoms. The molecule has 0 saturated carbocycles. The van der Waals surface area contributed by atoms with E-state index in [-0.39, 0.29) is 95.4 Å². The Balaban J connectivity index is 0.000000254. The highest BCUT2D eigenvalue weighted by Gasteiger charge is 2.26. The van der Waals surface area contributed by atoms with Crippen molar-refractivity contribution in [3.63, 3.8) is 0 Å². The van der Waals surface area contributed by atoms with Crippen LogP contribution in [0.5, 0.6) is 0 Å². The predicted molar refractivity (Wildman–Crippen MR) is 464 cm³/mol. The van der Waals surface area contributed by atoms with Gasteiger partial charge in [-0.2, -0.15) is 58.3 Å². The van der Waals surface area contributed by atoms with E-state index in [4.69, 9.17) is 125 Å². The number of benzene rings is 3. The zero-order valence-corrected chi connectivity index (χ0v) is 72.2. The van der Waals surface area contributed by atoms with E-state index in [9.17, 15) is 13.7 Å². The van der Waals surface area contributed by atoms with Gasteiger partial charge in [0, 0.05) is 22.4 Å². The summed E-state index contributed by atoms with van der Waals surface area (Å²) in [6, 6.07) is 21.5. The third-order valence-electron chi connectivity index (χ3n) is 13.6. The quantitative estimate of drug-likeness (QED) is 0.00828. The lowest BCUT2D eigenvalue weighted by Crippen LogP contribution is -2.07. The molecule has 9 heterocycles. The van der Waals surface area contributed by atoms with E-state index in [1.807, 2.05) is 36.4 Å². The Morgan fingerprint density at radius 2 is 0.661 bits per heavy atom. The van der Waals surface area contributed by atoms with Crippen LogP contribution >= 0.6 is 54.0 Å². The third-order valence-corrected chi connectivity index (χ3v) is 19.1. The number of nitrogens with zero attached hydrogens (tertiary/aromatic N) is 18. The fourth-order valence-electron chi connectivity index (χ4n) is 8.96. The van der Waals surface area contributed by atoms with Crippen LogP contribution in [0.1, 0.15) is 67.2 Å². The van der Waals surface area contributed by atoms with E-state index < -0.39 is 39.9 Å². The number of rotatable bonds is 22. The molecule has 47 nitrogen and oxygen atoms in total. The van der Waals surface area contributed by atoms with Crippen molar-refractivity contribution < 1.29 is 64.2 Å². The molecule has 33 N–H and O–H groups in total. The van der Waals surface area contributed by atoms with Gasteiger partial charge in [-0.25, -0.2) is 39.9 Å². The molecule has 0 amide bonds. The second-order valence-electron chi connectivity index (χ2n) is 24.4. The highest BCUT2D eigenvalue weighted by Crippen LogP contribution is 2.52. The van der Waals surface area contributed by atoms with Gasteiger partial charge in [-0.15, -0.1) is 15.3 Å². The molecule has 0 atom stereocenters. The number of fused-ring (bicyclic) bond motifs is 4. The Labute approximate surface area is 692 Å². The molecule has 12 rings (SSSR count). The van der Waals surface area contributed by atoms with Crippen LogP contribution in [-0.2, 0) is 85.7 Å². The minimum atomic E-state index is -4.67. The van der Waals surface area contributed by atoms with Crippen molar-refractivity contribution in [2.24, 2.45) is 0 Å². The normalized spacial score (nSPS) is 11.2. The monoisotopic (exact) mass is 1860 g/mol. The summed E-state index contributed by atoms with van der Waals surface area (Å²) in [4.78, 5) is 89.6. The van der Waals surface area contributed by atoms with Crippen molar-refractivity contribution >= 4 is 203 Å². The van der Waals surface area contributed by atoms with Gasteiger partial charge in [0.2, 0.25) is 29.7 Å². The highest BCUT2D eigenvalue weighted by atomic mass is 79.9. The first-order valence-electron chi connectivity index (χ1n) is 34.3. The average molecular weight is 1860 g/mol. The topological polar surface area (TPSA) is 818 Å². The lowest BCUT2D eigenvalue weighted by molar-refractivity contribution is 0.218. The van der Waals surface area contributed by atoms with Crippen LogP contribution < -0.4 is 85.2 Å². The third kappa shape index (κ3) is 35.0. The van der Waals surface area contributed by atoms with Gasteiger partial charge in [0.15, 0.2) is 79.6 Å². The van der Waals surface area contributed by atoms with E-state index in [1.54, 1.807) is 82.7 Å². The number of anilines is 15. The minimum absolute atomic E-state index is 0.0317. The van der Waals surface area contributed by atoms with Gasteiger partial charge >= 0.3 is 33.2 Å².